The largest absolute Gasteiger partial charge is 0.350 e. The van der Waals surface area contributed by atoms with Gasteiger partial charge >= 0.3 is 0 Å². The van der Waals surface area contributed by atoms with Crippen LogP contribution >= 0.6 is 27.7 Å². The Morgan fingerprint density at radius 1 is 1.35 bits per heavy atom. The van der Waals surface area contributed by atoms with Crippen molar-refractivity contribution in [2.75, 3.05) is 18.1 Å². The summed E-state index contributed by atoms with van der Waals surface area (Å²) < 4.78 is 1.01. The molecule has 1 atom stereocenters. The first-order chi connectivity index (χ1) is 11.1. The molecule has 23 heavy (non-hydrogen) atoms. The fourth-order valence-corrected chi connectivity index (χ4v) is 4.54. The summed E-state index contributed by atoms with van der Waals surface area (Å²) in [6.07, 6.45) is 5.53. The van der Waals surface area contributed by atoms with Crippen LogP contribution in [0, 0.1) is 0 Å². The molecule has 2 fully saturated rings. The molecule has 0 aromatic heterocycles. The van der Waals surface area contributed by atoms with Crippen LogP contribution in [0.4, 0.5) is 5.69 Å². The van der Waals surface area contributed by atoms with Crippen LogP contribution in [0.2, 0.25) is 0 Å². The molecule has 1 aliphatic carbocycles. The second-order valence-electron chi connectivity index (χ2n) is 6.18. The van der Waals surface area contributed by atoms with Crippen molar-refractivity contribution >= 4 is 44.5 Å². The predicted octanol–water partition coefficient (Wildman–Crippen LogP) is 4.12. The van der Waals surface area contributed by atoms with Gasteiger partial charge in [0.25, 0.3) is 0 Å². The third-order valence-electron chi connectivity index (χ3n) is 4.42. The number of nitrogens with one attached hydrogen (secondary N) is 1. The van der Waals surface area contributed by atoms with E-state index in [-0.39, 0.29) is 11.9 Å². The van der Waals surface area contributed by atoms with E-state index in [2.05, 4.69) is 33.2 Å². The summed E-state index contributed by atoms with van der Waals surface area (Å²) in [6, 6.07) is 8.40. The zero-order valence-corrected chi connectivity index (χ0v) is 15.7. The van der Waals surface area contributed by atoms with E-state index in [0.717, 1.165) is 21.1 Å². The molecule has 1 aromatic carbocycles. The first-order valence-electron chi connectivity index (χ1n) is 8.10. The summed E-state index contributed by atoms with van der Waals surface area (Å²) in [5.41, 5.74) is 0.839. The predicted molar refractivity (Wildman–Crippen MR) is 101 cm³/mol. The molecule has 0 bridgehead atoms. The van der Waals surface area contributed by atoms with Crippen molar-refractivity contribution in [1.29, 1.82) is 0 Å². The molecule has 4 nitrogen and oxygen atoms in total. The zero-order chi connectivity index (χ0) is 16.2. The minimum Gasteiger partial charge on any atom is -0.350 e. The molecule has 1 aliphatic heterocycles. The third-order valence-corrected chi connectivity index (χ3v) is 6.15. The summed E-state index contributed by atoms with van der Waals surface area (Å²) in [5.74, 6) is 1.00. The van der Waals surface area contributed by atoms with Crippen LogP contribution in [-0.2, 0) is 4.79 Å². The maximum atomic E-state index is 12.3. The van der Waals surface area contributed by atoms with E-state index in [0.29, 0.717) is 12.5 Å². The number of benzene rings is 1. The van der Waals surface area contributed by atoms with E-state index in [1.54, 1.807) is 11.8 Å². The van der Waals surface area contributed by atoms with Gasteiger partial charge in [0.1, 0.15) is 0 Å². The normalized spacial score (nSPS) is 23.7. The molecule has 124 valence electrons. The molecule has 0 radical (unpaired) electrons. The van der Waals surface area contributed by atoms with Crippen LogP contribution in [-0.4, -0.2) is 40.9 Å². The van der Waals surface area contributed by atoms with Crippen LogP contribution in [0.1, 0.15) is 32.1 Å². The maximum Gasteiger partial charge on any atom is 0.226 e. The van der Waals surface area contributed by atoms with Crippen LogP contribution < -0.4 is 5.32 Å². The lowest BCUT2D eigenvalue weighted by Crippen LogP contribution is -2.34. The van der Waals surface area contributed by atoms with E-state index in [9.17, 15) is 4.79 Å². The molecule has 0 spiro atoms. The fourth-order valence-electron chi connectivity index (χ4n) is 3.01. The number of carbonyl (C=O) groups is 1. The molecule has 1 saturated heterocycles. The van der Waals surface area contributed by atoms with Crippen LogP contribution in [0.3, 0.4) is 0 Å². The van der Waals surface area contributed by atoms with Gasteiger partial charge in [-0.25, -0.2) is 0 Å². The summed E-state index contributed by atoms with van der Waals surface area (Å²) >= 11 is 5.18. The molecule has 2 aliphatic rings. The number of rotatable bonds is 4. The van der Waals surface area contributed by atoms with Crippen LogP contribution in [0.15, 0.2) is 33.7 Å². The Hall–Kier alpha value is -1.01. The second kappa shape index (κ2) is 7.71. The highest BCUT2D eigenvalue weighted by Gasteiger charge is 2.30. The van der Waals surface area contributed by atoms with Gasteiger partial charge in [0, 0.05) is 35.4 Å². The van der Waals surface area contributed by atoms with Gasteiger partial charge in [-0.05, 0) is 37.1 Å². The molecule has 1 unspecified atom stereocenters. The maximum absolute atomic E-state index is 12.3. The Morgan fingerprint density at radius 3 is 2.74 bits per heavy atom. The second-order valence-corrected chi connectivity index (χ2v) is 8.09. The summed E-state index contributed by atoms with van der Waals surface area (Å²) in [5, 5.41) is 4.08. The lowest BCUT2D eigenvalue weighted by molar-refractivity contribution is -0.116. The quantitative estimate of drug-likeness (QED) is 0.833. The summed E-state index contributed by atoms with van der Waals surface area (Å²) in [6.45, 7) is 0. The number of carbonyl (C=O) groups excluding carboxylic acids is 1. The molecular weight excluding hydrogens is 374 g/mol. The molecule has 3 rings (SSSR count). The number of anilines is 1. The number of thioether (sulfide) groups is 1. The van der Waals surface area contributed by atoms with Gasteiger partial charge in [-0.3, -0.25) is 9.79 Å². The Bertz CT molecular complexity index is 584. The van der Waals surface area contributed by atoms with Crippen molar-refractivity contribution in [3.05, 3.63) is 28.7 Å². The van der Waals surface area contributed by atoms with Gasteiger partial charge in [-0.15, -0.1) is 0 Å². The Balaban J connectivity index is 1.53. The monoisotopic (exact) mass is 395 g/mol. The van der Waals surface area contributed by atoms with E-state index < -0.39 is 0 Å². The number of hydrogen-bond acceptors (Lipinski definition) is 3. The van der Waals surface area contributed by atoms with E-state index in [1.807, 2.05) is 24.3 Å². The van der Waals surface area contributed by atoms with Gasteiger partial charge in [0.2, 0.25) is 5.91 Å². The summed E-state index contributed by atoms with van der Waals surface area (Å²) in [7, 11) is 2.06. The highest BCUT2D eigenvalue weighted by atomic mass is 79.9. The number of hydrogen-bond donors (Lipinski definition) is 1. The molecule has 1 heterocycles. The highest BCUT2D eigenvalue weighted by Crippen LogP contribution is 2.28. The van der Waals surface area contributed by atoms with Crippen molar-refractivity contribution in [1.82, 2.24) is 4.90 Å². The van der Waals surface area contributed by atoms with Crippen LogP contribution in [0.25, 0.3) is 0 Å². The van der Waals surface area contributed by atoms with E-state index >= 15 is 0 Å². The van der Waals surface area contributed by atoms with Crippen molar-refractivity contribution in [2.24, 2.45) is 4.99 Å². The minimum absolute atomic E-state index is 0.0619. The Kier molecular flexibility index (Phi) is 5.64. The molecule has 1 amide bonds. The fraction of sp³-hybridized carbons (Fsp3) is 0.529. The lowest BCUT2D eigenvalue weighted by atomic mass is 10.2. The van der Waals surface area contributed by atoms with Gasteiger partial charge in [0.15, 0.2) is 5.17 Å². The molecule has 1 aromatic rings. The summed E-state index contributed by atoms with van der Waals surface area (Å²) in [4.78, 5) is 19.3. The highest BCUT2D eigenvalue weighted by molar-refractivity contribution is 9.10. The van der Waals surface area contributed by atoms with Crippen molar-refractivity contribution in [2.45, 2.75) is 44.2 Å². The van der Waals surface area contributed by atoms with Gasteiger partial charge in [-0.2, -0.15) is 0 Å². The third kappa shape index (κ3) is 4.51. The minimum atomic E-state index is 0.0619. The Morgan fingerprint density at radius 2 is 2.04 bits per heavy atom. The Labute approximate surface area is 150 Å². The number of amides is 1. The first-order valence-corrected chi connectivity index (χ1v) is 9.88. The van der Waals surface area contributed by atoms with Crippen molar-refractivity contribution in [3.8, 4) is 0 Å². The lowest BCUT2D eigenvalue weighted by Gasteiger charge is -2.21. The van der Waals surface area contributed by atoms with Gasteiger partial charge in [0.05, 0.1) is 6.04 Å². The van der Waals surface area contributed by atoms with Gasteiger partial charge < -0.3 is 10.2 Å². The standard InChI is InChI=1S/C17H22BrN3OS/c1-21-15(11-23-17(21)20-13-4-2-3-5-13)10-16(22)19-14-8-6-12(18)7-9-14/h6-9,13,15H,2-5,10-11H2,1H3,(H,19,22). The smallest absolute Gasteiger partial charge is 0.226 e. The van der Waals surface area contributed by atoms with Crippen LogP contribution in [0.5, 0.6) is 0 Å². The zero-order valence-electron chi connectivity index (χ0n) is 13.3. The average molecular weight is 396 g/mol. The molecule has 6 heteroatoms. The number of nitrogens with zero attached hydrogens (tertiary/aromatic N) is 2. The number of aliphatic imine (C=N–C) groups is 1. The SMILES string of the molecule is CN1C(=NC2CCCC2)SCC1CC(=O)Nc1ccc(Br)cc1. The molecule has 1 N–H and O–H groups in total. The topological polar surface area (TPSA) is 44.7 Å². The first kappa shape index (κ1) is 16.8. The van der Waals surface area contributed by atoms with Crippen molar-refractivity contribution in [3.63, 3.8) is 0 Å². The number of amidine groups is 1. The molecular formula is C17H22BrN3OS. The number of halogens is 1. The van der Waals surface area contributed by atoms with E-state index in [4.69, 9.17) is 4.99 Å². The molecule has 1 saturated carbocycles. The van der Waals surface area contributed by atoms with Crippen molar-refractivity contribution < 1.29 is 4.79 Å². The van der Waals surface area contributed by atoms with Gasteiger partial charge in [-0.1, -0.05) is 40.5 Å². The van der Waals surface area contributed by atoms with E-state index in [1.165, 1.54) is 25.7 Å². The average Bonchev–Trinajstić information content (AvgIpc) is 3.15.